The zero-order chi connectivity index (χ0) is 13.1. The Morgan fingerprint density at radius 2 is 2.21 bits per heavy atom. The van der Waals surface area contributed by atoms with Crippen LogP contribution in [0, 0.1) is 0 Å². The molecule has 0 atom stereocenters. The summed E-state index contributed by atoms with van der Waals surface area (Å²) in [7, 11) is 0. The first-order valence-corrected chi connectivity index (χ1v) is 6.75. The molecule has 100 valence electrons. The average Bonchev–Trinajstić information content (AvgIpc) is 2.86. The Labute approximate surface area is 113 Å². The quantitative estimate of drug-likeness (QED) is 0.839. The summed E-state index contributed by atoms with van der Waals surface area (Å²) in [5.41, 5.74) is 7.96. The van der Waals surface area contributed by atoms with Gasteiger partial charge in [0.2, 0.25) is 0 Å². The van der Waals surface area contributed by atoms with Crippen LogP contribution in [-0.2, 0) is 19.5 Å². The van der Waals surface area contributed by atoms with Crippen LogP contribution in [0.2, 0.25) is 0 Å². The first kappa shape index (κ1) is 12.2. The highest BCUT2D eigenvalue weighted by Crippen LogP contribution is 2.12. The zero-order valence-corrected chi connectivity index (χ0v) is 11.0. The normalized spacial score (nSPS) is 15.4. The van der Waals surface area contributed by atoms with Crippen LogP contribution in [0.3, 0.4) is 0 Å². The number of anilines is 1. The lowest BCUT2D eigenvalue weighted by Gasteiger charge is -2.26. The molecule has 0 radical (unpaired) electrons. The molecule has 0 saturated carbocycles. The number of benzene rings is 1. The molecule has 0 amide bonds. The number of hydrogen-bond acceptors (Lipinski definition) is 4. The lowest BCUT2D eigenvalue weighted by atomic mass is 10.1. The maximum atomic E-state index is 5.79. The third kappa shape index (κ3) is 2.93. The maximum absolute atomic E-state index is 5.79. The van der Waals surface area contributed by atoms with Crippen molar-refractivity contribution >= 4 is 5.69 Å². The minimum Gasteiger partial charge on any atom is -0.399 e. The van der Waals surface area contributed by atoms with Crippen LogP contribution in [0.5, 0.6) is 0 Å². The molecule has 0 aliphatic carbocycles. The largest absolute Gasteiger partial charge is 0.399 e. The van der Waals surface area contributed by atoms with E-state index in [1.54, 1.807) is 0 Å². The maximum Gasteiger partial charge on any atom is 0.147 e. The molecule has 5 nitrogen and oxygen atoms in total. The second kappa shape index (κ2) is 5.40. The van der Waals surface area contributed by atoms with Gasteiger partial charge in [-0.2, -0.15) is 0 Å². The van der Waals surface area contributed by atoms with Crippen molar-refractivity contribution in [2.24, 2.45) is 0 Å². The molecule has 0 spiro atoms. The summed E-state index contributed by atoms with van der Waals surface area (Å²) >= 11 is 0. The van der Waals surface area contributed by atoms with Gasteiger partial charge in [-0.1, -0.05) is 12.1 Å². The van der Waals surface area contributed by atoms with Gasteiger partial charge >= 0.3 is 0 Å². The number of aromatic nitrogens is 3. The topological polar surface area (TPSA) is 60.0 Å². The predicted octanol–water partition coefficient (Wildman–Crippen LogP) is 1.31. The highest BCUT2D eigenvalue weighted by atomic mass is 15.3. The molecular formula is C14H19N5. The lowest BCUT2D eigenvalue weighted by Crippen LogP contribution is -2.34. The van der Waals surface area contributed by atoms with Crippen molar-refractivity contribution in [3.63, 3.8) is 0 Å². The fraction of sp³-hybridized carbons (Fsp3) is 0.429. The number of aryl methyl sites for hydroxylation is 1. The average molecular weight is 257 g/mol. The van der Waals surface area contributed by atoms with Gasteiger partial charge in [0.15, 0.2) is 0 Å². The van der Waals surface area contributed by atoms with E-state index in [4.69, 9.17) is 5.73 Å². The van der Waals surface area contributed by atoms with Crippen molar-refractivity contribution in [2.75, 3.05) is 18.8 Å². The molecule has 1 aromatic heterocycles. The Hall–Kier alpha value is -1.88. The van der Waals surface area contributed by atoms with Crippen LogP contribution in [0.15, 0.2) is 30.6 Å². The molecule has 2 N–H and O–H groups in total. The number of nitrogens with zero attached hydrogens (tertiary/aromatic N) is 4. The molecule has 0 saturated heterocycles. The van der Waals surface area contributed by atoms with Crippen molar-refractivity contribution in [1.82, 2.24) is 19.7 Å². The van der Waals surface area contributed by atoms with E-state index >= 15 is 0 Å². The Balaban J connectivity index is 1.49. The van der Waals surface area contributed by atoms with Crippen molar-refractivity contribution in [3.8, 4) is 0 Å². The Kier molecular flexibility index (Phi) is 3.46. The third-order valence-electron chi connectivity index (χ3n) is 3.61. The summed E-state index contributed by atoms with van der Waals surface area (Å²) in [6, 6.07) is 8.16. The van der Waals surface area contributed by atoms with Crippen molar-refractivity contribution in [1.29, 1.82) is 0 Å². The molecule has 2 heterocycles. The van der Waals surface area contributed by atoms with Gasteiger partial charge < -0.3 is 10.3 Å². The first-order valence-electron chi connectivity index (χ1n) is 6.75. The summed E-state index contributed by atoms with van der Waals surface area (Å²) < 4.78 is 2.13. The van der Waals surface area contributed by atoms with Gasteiger partial charge in [-0.15, -0.1) is 10.2 Å². The summed E-state index contributed by atoms with van der Waals surface area (Å²) in [5.74, 6) is 1.08. The fourth-order valence-corrected chi connectivity index (χ4v) is 2.56. The van der Waals surface area contributed by atoms with E-state index in [1.165, 1.54) is 5.56 Å². The lowest BCUT2D eigenvalue weighted by molar-refractivity contribution is 0.215. The van der Waals surface area contributed by atoms with E-state index < -0.39 is 0 Å². The number of nitrogens with two attached hydrogens (primary N) is 1. The number of rotatable bonds is 4. The smallest absolute Gasteiger partial charge is 0.147 e. The summed E-state index contributed by atoms with van der Waals surface area (Å²) in [6.07, 6.45) is 4.05. The molecule has 2 aromatic rings. The van der Waals surface area contributed by atoms with E-state index in [-0.39, 0.29) is 0 Å². The van der Waals surface area contributed by atoms with Crippen LogP contribution >= 0.6 is 0 Å². The van der Waals surface area contributed by atoms with Crippen molar-refractivity contribution < 1.29 is 0 Å². The molecule has 19 heavy (non-hydrogen) atoms. The van der Waals surface area contributed by atoms with E-state index in [1.807, 2.05) is 18.5 Å². The summed E-state index contributed by atoms with van der Waals surface area (Å²) in [6.45, 7) is 4.10. The van der Waals surface area contributed by atoms with Crippen LogP contribution in [0.4, 0.5) is 5.69 Å². The molecule has 0 bridgehead atoms. The van der Waals surface area contributed by atoms with E-state index in [2.05, 4.69) is 31.8 Å². The van der Waals surface area contributed by atoms with Gasteiger partial charge in [0, 0.05) is 18.8 Å². The number of nitrogen functional groups attached to an aromatic ring is 1. The van der Waals surface area contributed by atoms with Gasteiger partial charge in [0.1, 0.15) is 12.2 Å². The second-order valence-corrected chi connectivity index (χ2v) is 5.07. The minimum absolute atomic E-state index is 0.851. The Morgan fingerprint density at radius 3 is 3.11 bits per heavy atom. The molecule has 1 aliphatic rings. The zero-order valence-electron chi connectivity index (χ0n) is 11.0. The minimum atomic E-state index is 0.851. The van der Waals surface area contributed by atoms with Crippen LogP contribution in [0.1, 0.15) is 17.8 Å². The molecule has 1 aromatic carbocycles. The molecular weight excluding hydrogens is 238 g/mol. The van der Waals surface area contributed by atoms with Crippen LogP contribution in [-0.4, -0.2) is 32.8 Å². The van der Waals surface area contributed by atoms with Crippen LogP contribution < -0.4 is 5.73 Å². The Bertz CT molecular complexity index is 548. The molecule has 1 aliphatic heterocycles. The number of fused-ring (bicyclic) bond motifs is 1. The SMILES string of the molecule is Nc1cccc(CCCN2CCn3cnnc3C2)c1. The number of hydrogen-bond donors (Lipinski definition) is 1. The predicted molar refractivity (Wildman–Crippen MR) is 74.5 cm³/mol. The van der Waals surface area contributed by atoms with Crippen molar-refractivity contribution in [3.05, 3.63) is 42.0 Å². The standard InChI is InChI=1S/C14H19N5/c15-13-5-1-3-12(9-13)4-2-6-18-7-8-19-11-16-17-14(19)10-18/h1,3,5,9,11H,2,4,6-8,10,15H2. The van der Waals surface area contributed by atoms with E-state index in [0.29, 0.717) is 0 Å². The summed E-state index contributed by atoms with van der Waals surface area (Å²) in [5, 5.41) is 8.09. The highest BCUT2D eigenvalue weighted by Gasteiger charge is 2.16. The van der Waals surface area contributed by atoms with Gasteiger partial charge in [-0.25, -0.2) is 0 Å². The molecule has 3 rings (SSSR count). The fourth-order valence-electron chi connectivity index (χ4n) is 2.56. The van der Waals surface area contributed by atoms with Gasteiger partial charge in [0.25, 0.3) is 0 Å². The van der Waals surface area contributed by atoms with Crippen molar-refractivity contribution in [2.45, 2.75) is 25.9 Å². The van der Waals surface area contributed by atoms with Gasteiger partial charge in [-0.3, -0.25) is 4.90 Å². The molecule has 0 unspecified atom stereocenters. The molecule has 5 heteroatoms. The van der Waals surface area contributed by atoms with E-state index in [0.717, 1.165) is 50.5 Å². The third-order valence-corrected chi connectivity index (χ3v) is 3.61. The highest BCUT2D eigenvalue weighted by molar-refractivity contribution is 5.40. The Morgan fingerprint density at radius 1 is 1.26 bits per heavy atom. The molecule has 0 fully saturated rings. The van der Waals surface area contributed by atoms with Gasteiger partial charge in [0.05, 0.1) is 6.54 Å². The van der Waals surface area contributed by atoms with Gasteiger partial charge in [-0.05, 0) is 37.1 Å². The first-order chi connectivity index (χ1) is 9.31. The van der Waals surface area contributed by atoms with E-state index in [9.17, 15) is 0 Å². The monoisotopic (exact) mass is 257 g/mol. The summed E-state index contributed by atoms with van der Waals surface area (Å²) in [4.78, 5) is 2.44. The second-order valence-electron chi connectivity index (χ2n) is 5.07. The van der Waals surface area contributed by atoms with Crippen LogP contribution in [0.25, 0.3) is 0 Å².